The van der Waals surface area contributed by atoms with Crippen LogP contribution in [0.2, 0.25) is 0 Å². The van der Waals surface area contributed by atoms with Crippen molar-refractivity contribution in [2.75, 3.05) is 4.72 Å². The summed E-state index contributed by atoms with van der Waals surface area (Å²) in [6, 6.07) is 11.0. The van der Waals surface area contributed by atoms with Crippen molar-refractivity contribution < 1.29 is 30.8 Å². The van der Waals surface area contributed by atoms with Crippen LogP contribution in [-0.4, -0.2) is 29.4 Å². The first-order chi connectivity index (χ1) is 17.9. The number of hydrogen-bond acceptors (Lipinski definition) is 5. The van der Waals surface area contributed by atoms with E-state index < -0.39 is 21.4 Å². The summed E-state index contributed by atoms with van der Waals surface area (Å²) in [6.45, 7) is 2.32. The molecule has 1 saturated carbocycles. The molecule has 3 N–H and O–H groups in total. The second-order valence-electron chi connectivity index (χ2n) is 9.05. The predicted octanol–water partition coefficient (Wildman–Crippen LogP) is 5.91. The predicted molar refractivity (Wildman–Crippen MR) is 139 cm³/mol. The summed E-state index contributed by atoms with van der Waals surface area (Å²) in [6.07, 6.45) is 2.59. The number of nitrogens with two attached hydrogens (primary N) is 1. The summed E-state index contributed by atoms with van der Waals surface area (Å²) in [4.78, 5) is 17.0. The molecule has 1 aliphatic rings. The maximum atomic E-state index is 12.8. The Labute approximate surface area is 224 Å². The van der Waals surface area contributed by atoms with Crippen molar-refractivity contribution in [2.45, 2.75) is 44.2 Å². The highest BCUT2D eigenvalue weighted by atomic mass is 79.9. The Balaban J connectivity index is 1.50. The van der Waals surface area contributed by atoms with Gasteiger partial charge < -0.3 is 14.7 Å². The minimum Gasteiger partial charge on any atom is -0.455 e. The number of anilines is 1. The Morgan fingerprint density at radius 1 is 1.24 bits per heavy atom. The van der Waals surface area contributed by atoms with Crippen molar-refractivity contribution >= 4 is 48.5 Å². The van der Waals surface area contributed by atoms with Gasteiger partial charge in [-0.15, -0.1) is 0 Å². The number of carbonyl (C=O) groups is 1. The lowest BCUT2D eigenvalue weighted by molar-refractivity contribution is -0.0429. The lowest BCUT2D eigenvalue weighted by Gasteiger charge is -2.11. The van der Waals surface area contributed by atoms with Gasteiger partial charge in [0.15, 0.2) is 0 Å². The van der Waals surface area contributed by atoms with E-state index in [4.69, 9.17) is 15.1 Å². The highest BCUT2D eigenvalue weighted by molar-refractivity contribution is 9.10. The number of fused-ring (bicyclic) bond motifs is 1. The van der Waals surface area contributed by atoms with Crippen molar-refractivity contribution in [3.05, 3.63) is 69.7 Å². The SMILES string of the molecule is CCc1nc(C2CC2)c(C(N)=O)n1Cc1ccc2oc(-c3cccc(NS(=O)(=O)C(F)(F)F)c3)c(Br)c2c1. The number of rotatable bonds is 8. The Bertz CT molecular complexity index is 1670. The van der Waals surface area contributed by atoms with Crippen LogP contribution in [0.4, 0.5) is 18.9 Å². The van der Waals surface area contributed by atoms with Gasteiger partial charge in [-0.05, 0) is 58.6 Å². The molecular weight excluding hydrogens is 589 g/mol. The van der Waals surface area contributed by atoms with Crippen LogP contribution in [0.3, 0.4) is 0 Å². The van der Waals surface area contributed by atoms with E-state index in [9.17, 15) is 26.4 Å². The molecule has 4 aromatic rings. The number of furan rings is 1. The second kappa shape index (κ2) is 9.45. The second-order valence-corrected chi connectivity index (χ2v) is 11.5. The quantitative estimate of drug-likeness (QED) is 0.257. The molecular formula is C25H22BrF3N4O4S. The molecule has 0 aliphatic heterocycles. The van der Waals surface area contributed by atoms with E-state index in [0.717, 1.165) is 29.9 Å². The van der Waals surface area contributed by atoms with Gasteiger partial charge in [0, 0.05) is 35.5 Å². The molecule has 0 atom stereocenters. The number of aromatic nitrogens is 2. The van der Waals surface area contributed by atoms with Crippen LogP contribution in [0.1, 0.15) is 53.3 Å². The first kappa shape index (κ1) is 26.3. The van der Waals surface area contributed by atoms with Crippen LogP contribution in [-0.2, 0) is 23.0 Å². The van der Waals surface area contributed by atoms with E-state index >= 15 is 0 Å². The van der Waals surface area contributed by atoms with Crippen molar-refractivity contribution in [1.82, 2.24) is 9.55 Å². The molecule has 2 aromatic carbocycles. The third-order valence-electron chi connectivity index (χ3n) is 6.30. The normalized spacial score (nSPS) is 14.2. The highest BCUT2D eigenvalue weighted by Crippen LogP contribution is 2.42. The minimum absolute atomic E-state index is 0.258. The zero-order valence-corrected chi connectivity index (χ0v) is 22.4. The standard InChI is InChI=1S/C25H22BrF3N4O4S/c1-2-19-31-21(14-7-8-14)22(24(30)34)33(19)12-13-6-9-18-17(10-13)20(26)23(37-18)15-4-3-5-16(11-15)32-38(35,36)25(27,28)29/h3-6,9-11,14,32H,2,7-8,12H2,1H3,(H2,30,34). The number of imidazole rings is 1. The lowest BCUT2D eigenvalue weighted by atomic mass is 10.1. The van der Waals surface area contributed by atoms with Crippen LogP contribution in [0.25, 0.3) is 22.3 Å². The Kier molecular flexibility index (Phi) is 6.54. The van der Waals surface area contributed by atoms with Gasteiger partial charge in [-0.1, -0.05) is 25.1 Å². The molecule has 0 spiro atoms. The summed E-state index contributed by atoms with van der Waals surface area (Å²) in [7, 11) is -5.57. The van der Waals surface area contributed by atoms with Gasteiger partial charge in [0.1, 0.15) is 22.9 Å². The van der Waals surface area contributed by atoms with Gasteiger partial charge in [-0.3, -0.25) is 9.52 Å². The van der Waals surface area contributed by atoms with E-state index in [1.165, 1.54) is 18.2 Å². The number of hydrogen-bond donors (Lipinski definition) is 2. The van der Waals surface area contributed by atoms with Gasteiger partial charge in [0.25, 0.3) is 5.91 Å². The van der Waals surface area contributed by atoms with Gasteiger partial charge in [-0.25, -0.2) is 4.98 Å². The number of aryl methyl sites for hydroxylation is 1. The zero-order valence-electron chi connectivity index (χ0n) is 20.0. The number of amides is 1. The Morgan fingerprint density at radius 2 is 1.97 bits per heavy atom. The number of benzene rings is 2. The van der Waals surface area contributed by atoms with Crippen molar-refractivity contribution in [1.29, 1.82) is 0 Å². The summed E-state index contributed by atoms with van der Waals surface area (Å²) in [5.74, 6) is 0.822. The average molecular weight is 611 g/mol. The topological polar surface area (TPSA) is 120 Å². The van der Waals surface area contributed by atoms with Crippen LogP contribution < -0.4 is 10.5 Å². The average Bonchev–Trinajstić information content (AvgIpc) is 3.55. The van der Waals surface area contributed by atoms with Gasteiger partial charge in [0.05, 0.1) is 10.2 Å². The van der Waals surface area contributed by atoms with E-state index in [2.05, 4.69) is 15.9 Å². The molecule has 2 aromatic heterocycles. The Hall–Kier alpha value is -3.32. The monoisotopic (exact) mass is 610 g/mol. The number of primary amides is 1. The molecule has 1 amide bonds. The molecule has 200 valence electrons. The fourth-order valence-corrected chi connectivity index (χ4v) is 5.55. The summed E-state index contributed by atoms with van der Waals surface area (Å²) in [5, 5.41) is 0.694. The summed E-state index contributed by atoms with van der Waals surface area (Å²) >= 11 is 3.52. The maximum Gasteiger partial charge on any atom is 0.516 e. The highest BCUT2D eigenvalue weighted by Gasteiger charge is 2.46. The minimum atomic E-state index is -5.57. The lowest BCUT2D eigenvalue weighted by Crippen LogP contribution is -2.29. The molecule has 0 radical (unpaired) electrons. The molecule has 13 heteroatoms. The largest absolute Gasteiger partial charge is 0.516 e. The molecule has 2 heterocycles. The number of sulfonamides is 1. The van der Waals surface area contributed by atoms with E-state index in [1.54, 1.807) is 16.9 Å². The third kappa shape index (κ3) is 4.80. The zero-order chi connectivity index (χ0) is 27.4. The van der Waals surface area contributed by atoms with Crippen LogP contribution in [0, 0.1) is 0 Å². The number of carbonyl (C=O) groups excluding carboxylic acids is 1. The molecule has 0 unspecified atom stereocenters. The van der Waals surface area contributed by atoms with Crippen LogP contribution in [0.15, 0.2) is 51.4 Å². The van der Waals surface area contributed by atoms with Gasteiger partial charge in [-0.2, -0.15) is 21.6 Å². The van der Waals surface area contributed by atoms with E-state index in [0.29, 0.717) is 45.4 Å². The fourth-order valence-electron chi connectivity index (χ4n) is 4.38. The van der Waals surface area contributed by atoms with Crippen LogP contribution in [0.5, 0.6) is 0 Å². The van der Waals surface area contributed by atoms with E-state index in [1.807, 2.05) is 23.6 Å². The molecule has 8 nitrogen and oxygen atoms in total. The van der Waals surface area contributed by atoms with Gasteiger partial charge >= 0.3 is 15.5 Å². The molecule has 38 heavy (non-hydrogen) atoms. The summed E-state index contributed by atoms with van der Waals surface area (Å²) < 4.78 is 71.3. The molecule has 1 fully saturated rings. The van der Waals surface area contributed by atoms with Gasteiger partial charge in [0.2, 0.25) is 0 Å². The van der Waals surface area contributed by atoms with Crippen molar-refractivity contribution in [3.63, 3.8) is 0 Å². The molecule has 0 bridgehead atoms. The summed E-state index contributed by atoms with van der Waals surface area (Å²) in [5.41, 5.74) is 2.94. The first-order valence-corrected chi connectivity index (χ1v) is 14.0. The maximum absolute atomic E-state index is 12.8. The number of nitrogens with one attached hydrogen (secondary N) is 1. The fraction of sp³-hybridized carbons (Fsp3) is 0.280. The molecule has 5 rings (SSSR count). The number of halogens is 4. The van der Waals surface area contributed by atoms with Crippen molar-refractivity contribution in [3.8, 4) is 11.3 Å². The molecule has 0 saturated heterocycles. The van der Waals surface area contributed by atoms with E-state index in [-0.39, 0.29) is 11.6 Å². The third-order valence-corrected chi connectivity index (χ3v) is 8.20. The smallest absolute Gasteiger partial charge is 0.455 e. The van der Waals surface area contributed by atoms with Crippen LogP contribution >= 0.6 is 15.9 Å². The number of alkyl halides is 3. The first-order valence-electron chi connectivity index (χ1n) is 11.7. The molecule has 1 aliphatic carbocycles. The number of nitrogens with zero attached hydrogens (tertiary/aromatic N) is 2. The van der Waals surface area contributed by atoms with Crippen molar-refractivity contribution in [2.24, 2.45) is 5.73 Å². The Morgan fingerprint density at radius 3 is 2.61 bits per heavy atom.